The summed E-state index contributed by atoms with van der Waals surface area (Å²) in [5.41, 5.74) is 2.24. The minimum absolute atomic E-state index is 0.0268. The molecule has 0 aliphatic carbocycles. The molecular weight excluding hydrogens is 384 g/mol. The zero-order valence-electron chi connectivity index (χ0n) is 19.4. The normalized spacial score (nSPS) is 16.0. The second-order valence-corrected chi connectivity index (χ2v) is 8.99. The van der Waals surface area contributed by atoms with Crippen molar-refractivity contribution in [2.24, 2.45) is 0 Å². The lowest BCUT2D eigenvalue weighted by Gasteiger charge is -2.41. The predicted molar refractivity (Wildman–Crippen MR) is 130 cm³/mol. The Balaban J connectivity index is 1.61. The molecule has 0 saturated carbocycles. The first-order chi connectivity index (χ1) is 15.0. The van der Waals surface area contributed by atoms with Crippen molar-refractivity contribution in [2.45, 2.75) is 39.2 Å². The van der Waals surface area contributed by atoms with Gasteiger partial charge in [0.2, 0.25) is 0 Å². The fourth-order valence-corrected chi connectivity index (χ4v) is 4.35. The molecule has 1 saturated heterocycles. The van der Waals surface area contributed by atoms with Crippen LogP contribution < -0.4 is 10.2 Å². The van der Waals surface area contributed by atoms with Gasteiger partial charge in [0, 0.05) is 50.5 Å². The van der Waals surface area contributed by atoms with Crippen LogP contribution in [0.25, 0.3) is 0 Å². The molecule has 5 nitrogen and oxygen atoms in total. The van der Waals surface area contributed by atoms with Crippen molar-refractivity contribution in [2.75, 3.05) is 50.7 Å². The molecule has 3 rings (SSSR count). The van der Waals surface area contributed by atoms with Crippen molar-refractivity contribution in [3.05, 3.63) is 66.2 Å². The monoisotopic (exact) mass is 422 g/mol. The average molecular weight is 423 g/mol. The summed E-state index contributed by atoms with van der Waals surface area (Å²) < 4.78 is 0. The summed E-state index contributed by atoms with van der Waals surface area (Å²) in [5, 5.41) is 2.98. The van der Waals surface area contributed by atoms with E-state index in [2.05, 4.69) is 59.3 Å². The van der Waals surface area contributed by atoms with E-state index in [0.29, 0.717) is 13.1 Å². The van der Waals surface area contributed by atoms with Gasteiger partial charge in [0.05, 0.1) is 0 Å². The molecule has 0 bridgehead atoms. The van der Waals surface area contributed by atoms with Crippen molar-refractivity contribution >= 4 is 11.7 Å². The number of hydrogen-bond acceptors (Lipinski definition) is 3. The first-order valence-electron chi connectivity index (χ1n) is 11.6. The maximum absolute atomic E-state index is 12.8. The first-order valence-corrected chi connectivity index (χ1v) is 11.6. The van der Waals surface area contributed by atoms with Crippen molar-refractivity contribution in [3.8, 4) is 0 Å². The number of rotatable bonds is 8. The third-order valence-electron chi connectivity index (χ3n) is 6.19. The van der Waals surface area contributed by atoms with Crippen molar-refractivity contribution < 1.29 is 4.79 Å². The molecule has 0 aromatic heterocycles. The third-order valence-corrected chi connectivity index (χ3v) is 6.19. The van der Waals surface area contributed by atoms with Crippen LogP contribution in [0.1, 0.15) is 32.8 Å². The lowest BCUT2D eigenvalue weighted by Crippen LogP contribution is -2.55. The second-order valence-electron chi connectivity index (χ2n) is 8.99. The van der Waals surface area contributed by atoms with E-state index in [4.69, 9.17) is 0 Å². The van der Waals surface area contributed by atoms with E-state index < -0.39 is 0 Å². The average Bonchev–Trinajstić information content (AvgIpc) is 3.04. The van der Waals surface area contributed by atoms with Gasteiger partial charge in [-0.2, -0.15) is 0 Å². The summed E-state index contributed by atoms with van der Waals surface area (Å²) in [4.78, 5) is 19.9. The molecule has 2 amide bonds. The van der Waals surface area contributed by atoms with E-state index in [1.54, 1.807) is 0 Å². The summed E-state index contributed by atoms with van der Waals surface area (Å²) in [5.74, 6) is 0. The van der Waals surface area contributed by atoms with Crippen molar-refractivity contribution in [1.29, 1.82) is 0 Å². The van der Waals surface area contributed by atoms with Crippen LogP contribution in [0.4, 0.5) is 10.5 Å². The predicted octanol–water partition coefficient (Wildman–Crippen LogP) is 4.25. The molecule has 0 spiro atoms. The Kier molecular flexibility index (Phi) is 8.50. The highest BCUT2D eigenvalue weighted by molar-refractivity contribution is 5.92. The van der Waals surface area contributed by atoms with E-state index in [1.165, 1.54) is 5.56 Å². The summed E-state index contributed by atoms with van der Waals surface area (Å²) in [6, 6.07) is 20.7. The number of anilines is 1. The molecule has 0 atom stereocenters. The number of carbonyl (C=O) groups excluding carboxylic acids is 1. The Morgan fingerprint density at radius 3 is 2.32 bits per heavy atom. The van der Waals surface area contributed by atoms with Crippen LogP contribution in [0, 0.1) is 0 Å². The van der Waals surface area contributed by atoms with Crippen LogP contribution >= 0.6 is 0 Å². The number of carbonyl (C=O) groups is 1. The fraction of sp³-hybridized carbons (Fsp3) is 0.500. The van der Waals surface area contributed by atoms with Gasteiger partial charge in [0.25, 0.3) is 0 Å². The van der Waals surface area contributed by atoms with Crippen LogP contribution in [0.2, 0.25) is 0 Å². The van der Waals surface area contributed by atoms with Crippen molar-refractivity contribution in [1.82, 2.24) is 15.1 Å². The number of hydrogen-bond donors (Lipinski definition) is 1. The van der Waals surface area contributed by atoms with Gasteiger partial charge in [0.1, 0.15) is 0 Å². The molecule has 1 aliphatic heterocycles. The maximum atomic E-state index is 12.8. The number of benzene rings is 2. The largest absolute Gasteiger partial charge is 0.338 e. The Bertz CT molecular complexity index is 794. The molecule has 0 unspecified atom stereocenters. The van der Waals surface area contributed by atoms with Crippen LogP contribution in [0.15, 0.2) is 60.7 Å². The van der Waals surface area contributed by atoms with Gasteiger partial charge >= 0.3 is 6.03 Å². The molecule has 2 aromatic rings. The Morgan fingerprint density at radius 1 is 0.968 bits per heavy atom. The van der Waals surface area contributed by atoms with Crippen LogP contribution in [-0.2, 0) is 6.42 Å². The van der Waals surface area contributed by atoms with Crippen LogP contribution in [0.3, 0.4) is 0 Å². The summed E-state index contributed by atoms with van der Waals surface area (Å²) >= 11 is 0. The van der Waals surface area contributed by atoms with Gasteiger partial charge in [0.15, 0.2) is 0 Å². The number of nitrogens with zero attached hydrogens (tertiary/aromatic N) is 3. The summed E-state index contributed by atoms with van der Waals surface area (Å²) in [6.45, 7) is 13.2. The van der Waals surface area contributed by atoms with Gasteiger partial charge in [-0.1, -0.05) is 48.5 Å². The van der Waals surface area contributed by atoms with Crippen molar-refractivity contribution in [3.63, 3.8) is 0 Å². The first kappa shape index (κ1) is 23.3. The molecular formula is C26H38N4O. The molecule has 0 radical (unpaired) electrons. The SMILES string of the molecule is CCNC(=O)N(CC(C)(C)N1CCCN(CCc2ccccc2)CC1)c1ccccc1. The topological polar surface area (TPSA) is 38.8 Å². The smallest absolute Gasteiger partial charge is 0.321 e. The molecule has 1 heterocycles. The second kappa shape index (κ2) is 11.3. The minimum atomic E-state index is -0.115. The zero-order valence-corrected chi connectivity index (χ0v) is 19.4. The van der Waals surface area contributed by atoms with E-state index in [1.807, 2.05) is 42.2 Å². The molecule has 168 valence electrons. The molecule has 2 aromatic carbocycles. The van der Waals surface area contributed by atoms with Gasteiger partial charge < -0.3 is 10.2 Å². The number of nitrogens with one attached hydrogen (secondary N) is 1. The quantitative estimate of drug-likeness (QED) is 0.691. The maximum Gasteiger partial charge on any atom is 0.321 e. The Labute approximate surface area is 188 Å². The van der Waals surface area contributed by atoms with E-state index in [-0.39, 0.29) is 11.6 Å². The van der Waals surface area contributed by atoms with E-state index in [0.717, 1.165) is 51.3 Å². The number of urea groups is 1. The lowest BCUT2D eigenvalue weighted by atomic mass is 10.0. The van der Waals surface area contributed by atoms with Gasteiger partial charge in [-0.05, 0) is 57.9 Å². The van der Waals surface area contributed by atoms with Gasteiger partial charge in [-0.15, -0.1) is 0 Å². The molecule has 5 heteroatoms. The molecule has 1 fully saturated rings. The molecule has 1 N–H and O–H groups in total. The van der Waals surface area contributed by atoms with Crippen LogP contribution in [0.5, 0.6) is 0 Å². The number of amides is 2. The van der Waals surface area contributed by atoms with Crippen LogP contribution in [-0.4, -0.2) is 67.2 Å². The standard InChI is InChI=1S/C26H38N4O/c1-4-27-25(31)30(24-14-9-6-10-15-24)22-26(2,3)29-18-11-17-28(20-21-29)19-16-23-12-7-5-8-13-23/h5-10,12-15H,4,11,16-22H2,1-3H3,(H,27,31). The third kappa shape index (κ3) is 6.81. The Hall–Kier alpha value is -2.37. The number of para-hydroxylation sites is 1. The fourth-order valence-electron chi connectivity index (χ4n) is 4.35. The minimum Gasteiger partial charge on any atom is -0.338 e. The van der Waals surface area contributed by atoms with E-state index >= 15 is 0 Å². The highest BCUT2D eigenvalue weighted by Crippen LogP contribution is 2.23. The Morgan fingerprint density at radius 2 is 1.65 bits per heavy atom. The lowest BCUT2D eigenvalue weighted by molar-refractivity contribution is 0.129. The van der Waals surface area contributed by atoms with E-state index in [9.17, 15) is 4.79 Å². The molecule has 31 heavy (non-hydrogen) atoms. The summed E-state index contributed by atoms with van der Waals surface area (Å²) in [6.07, 6.45) is 2.26. The summed E-state index contributed by atoms with van der Waals surface area (Å²) in [7, 11) is 0. The van der Waals surface area contributed by atoms with Gasteiger partial charge in [-0.25, -0.2) is 4.79 Å². The molecule has 1 aliphatic rings. The van der Waals surface area contributed by atoms with Gasteiger partial charge in [-0.3, -0.25) is 9.80 Å². The highest BCUT2D eigenvalue weighted by Gasteiger charge is 2.32. The highest BCUT2D eigenvalue weighted by atomic mass is 16.2. The zero-order chi connectivity index (χ0) is 22.1.